The Hall–Kier alpha value is -4.14. The number of carbonyl (C=O) groups is 1. The predicted molar refractivity (Wildman–Crippen MR) is 110 cm³/mol. The van der Waals surface area contributed by atoms with E-state index in [1.165, 1.54) is 30.5 Å². The first kappa shape index (κ1) is 19.2. The molecule has 9 heteroatoms. The minimum Gasteiger partial charge on any atom is -0.497 e. The second kappa shape index (κ2) is 8.08. The van der Waals surface area contributed by atoms with E-state index in [9.17, 15) is 14.1 Å². The van der Waals surface area contributed by atoms with Gasteiger partial charge >= 0.3 is 0 Å². The number of nitroso groups, excluding NO2 is 1. The summed E-state index contributed by atoms with van der Waals surface area (Å²) in [5.41, 5.74) is 2.53. The number of fused-ring (bicyclic) bond motifs is 1. The molecule has 0 saturated carbocycles. The van der Waals surface area contributed by atoms with Crippen molar-refractivity contribution in [3.05, 3.63) is 77.1 Å². The molecule has 0 unspecified atom stereocenters. The summed E-state index contributed by atoms with van der Waals surface area (Å²) in [6.45, 7) is -0.749. The van der Waals surface area contributed by atoms with E-state index in [-0.39, 0.29) is 17.4 Å². The Balaban J connectivity index is 1.60. The highest BCUT2D eigenvalue weighted by Crippen LogP contribution is 2.26. The van der Waals surface area contributed by atoms with Crippen LogP contribution in [0.3, 0.4) is 0 Å². The fraction of sp³-hybridized carbons (Fsp3) is 0.0952. The highest BCUT2D eigenvalue weighted by atomic mass is 19.1. The van der Waals surface area contributed by atoms with E-state index < -0.39 is 6.67 Å². The Morgan fingerprint density at radius 1 is 1.17 bits per heavy atom. The van der Waals surface area contributed by atoms with Crippen LogP contribution in [0.25, 0.3) is 16.7 Å². The molecule has 30 heavy (non-hydrogen) atoms. The van der Waals surface area contributed by atoms with Crippen LogP contribution < -0.4 is 10.1 Å². The third-order valence-electron chi connectivity index (χ3n) is 4.53. The molecule has 2 heterocycles. The lowest BCUT2D eigenvalue weighted by Crippen LogP contribution is -2.13. The number of pyridine rings is 1. The maximum Gasteiger partial charge on any atom is 0.256 e. The Kier molecular flexibility index (Phi) is 5.17. The summed E-state index contributed by atoms with van der Waals surface area (Å²) in [7, 11) is 1.55. The van der Waals surface area contributed by atoms with Gasteiger partial charge in [0.1, 0.15) is 29.8 Å². The molecule has 8 nitrogen and oxygen atoms in total. The number of rotatable bonds is 6. The largest absolute Gasteiger partial charge is 0.497 e. The molecule has 0 radical (unpaired) electrons. The van der Waals surface area contributed by atoms with E-state index in [4.69, 9.17) is 4.74 Å². The molecule has 0 aliphatic rings. The van der Waals surface area contributed by atoms with Crippen LogP contribution in [0, 0.1) is 4.91 Å². The van der Waals surface area contributed by atoms with Crippen molar-refractivity contribution in [2.24, 2.45) is 5.18 Å². The number of amides is 1. The highest BCUT2D eigenvalue weighted by Gasteiger charge is 2.14. The molecule has 2 aromatic carbocycles. The number of hydrogen-bond donors (Lipinski definition) is 1. The summed E-state index contributed by atoms with van der Waals surface area (Å²) in [6, 6.07) is 14.5. The standard InChI is InChI=1S/C21H16FN5O3/c1-30-16-7-8-18-17(10-16)24-20(11-22)27(18)15-6-9-19(23-12-15)25-21(28)13-2-4-14(26-29)5-3-13/h2-10,12H,11H2,1H3,(H,23,25,28). The van der Waals surface area contributed by atoms with Crippen LogP contribution in [0.2, 0.25) is 0 Å². The van der Waals surface area contributed by atoms with Gasteiger partial charge in [0.15, 0.2) is 0 Å². The number of nitrogens with zero attached hydrogens (tertiary/aromatic N) is 4. The zero-order valence-electron chi connectivity index (χ0n) is 15.9. The van der Waals surface area contributed by atoms with E-state index in [2.05, 4.69) is 20.5 Å². The Labute approximate surface area is 170 Å². The van der Waals surface area contributed by atoms with Crippen molar-refractivity contribution in [3.63, 3.8) is 0 Å². The summed E-state index contributed by atoms with van der Waals surface area (Å²) >= 11 is 0. The molecule has 150 valence electrons. The maximum atomic E-state index is 13.6. The van der Waals surface area contributed by atoms with E-state index in [0.717, 1.165) is 0 Å². The van der Waals surface area contributed by atoms with Crippen LogP contribution in [0.4, 0.5) is 15.9 Å². The molecule has 0 fully saturated rings. The van der Waals surface area contributed by atoms with Crippen LogP contribution in [-0.2, 0) is 6.67 Å². The Bertz CT molecular complexity index is 1220. The molecule has 2 aromatic heterocycles. The third kappa shape index (κ3) is 3.60. The molecule has 0 atom stereocenters. The summed E-state index contributed by atoms with van der Waals surface area (Å²) in [5, 5.41) is 5.47. The van der Waals surface area contributed by atoms with Gasteiger partial charge < -0.3 is 10.1 Å². The summed E-state index contributed by atoms with van der Waals surface area (Å²) in [5.74, 6) is 0.818. The molecule has 0 spiro atoms. The Morgan fingerprint density at radius 3 is 2.60 bits per heavy atom. The van der Waals surface area contributed by atoms with Crippen LogP contribution in [-0.4, -0.2) is 27.6 Å². The second-order valence-corrected chi connectivity index (χ2v) is 6.35. The van der Waals surface area contributed by atoms with E-state index in [1.54, 1.807) is 42.0 Å². The van der Waals surface area contributed by atoms with Gasteiger partial charge in [-0.15, -0.1) is 4.91 Å². The molecule has 0 aliphatic carbocycles. The molecular weight excluding hydrogens is 389 g/mol. The van der Waals surface area contributed by atoms with Gasteiger partial charge in [-0.05, 0) is 53.7 Å². The minimum absolute atomic E-state index is 0.237. The van der Waals surface area contributed by atoms with E-state index in [0.29, 0.717) is 33.9 Å². The van der Waals surface area contributed by atoms with Gasteiger partial charge in [-0.2, -0.15) is 0 Å². The Morgan fingerprint density at radius 2 is 1.97 bits per heavy atom. The number of ether oxygens (including phenoxy) is 1. The van der Waals surface area contributed by atoms with Crippen LogP contribution >= 0.6 is 0 Å². The van der Waals surface area contributed by atoms with Crippen LogP contribution in [0.5, 0.6) is 5.75 Å². The van der Waals surface area contributed by atoms with Gasteiger partial charge in [0.2, 0.25) is 0 Å². The number of nitrogens with one attached hydrogen (secondary N) is 1. The normalized spacial score (nSPS) is 10.7. The van der Waals surface area contributed by atoms with Crippen molar-refractivity contribution in [1.82, 2.24) is 14.5 Å². The molecular formula is C21H16FN5O3. The first-order valence-corrected chi connectivity index (χ1v) is 8.95. The lowest BCUT2D eigenvalue weighted by molar-refractivity contribution is 0.102. The van der Waals surface area contributed by atoms with Gasteiger partial charge in [-0.25, -0.2) is 14.4 Å². The molecule has 1 amide bonds. The number of halogens is 1. The molecule has 0 saturated heterocycles. The number of benzene rings is 2. The molecule has 4 aromatic rings. The first-order chi connectivity index (χ1) is 14.6. The zero-order valence-corrected chi connectivity index (χ0v) is 15.9. The third-order valence-corrected chi connectivity index (χ3v) is 4.53. The van der Waals surface area contributed by atoms with Crippen molar-refractivity contribution < 1.29 is 13.9 Å². The number of alkyl halides is 1. The topological polar surface area (TPSA) is 98.5 Å². The first-order valence-electron chi connectivity index (χ1n) is 8.95. The fourth-order valence-electron chi connectivity index (χ4n) is 3.07. The molecule has 4 rings (SSSR count). The highest BCUT2D eigenvalue weighted by molar-refractivity contribution is 6.03. The number of methoxy groups -OCH3 is 1. The van der Waals surface area contributed by atoms with Crippen molar-refractivity contribution in [3.8, 4) is 11.4 Å². The van der Waals surface area contributed by atoms with Crippen LogP contribution in [0.1, 0.15) is 16.2 Å². The number of imidazole rings is 1. The number of carbonyl (C=O) groups excluding carboxylic acids is 1. The maximum absolute atomic E-state index is 13.6. The van der Waals surface area contributed by atoms with Crippen molar-refractivity contribution >= 4 is 28.4 Å². The lowest BCUT2D eigenvalue weighted by atomic mass is 10.2. The molecule has 0 aliphatic heterocycles. The van der Waals surface area contributed by atoms with Gasteiger partial charge in [-0.1, -0.05) is 0 Å². The van der Waals surface area contributed by atoms with E-state index in [1.807, 2.05) is 0 Å². The molecule has 0 bridgehead atoms. The quantitative estimate of drug-likeness (QED) is 0.475. The SMILES string of the molecule is COc1ccc2c(c1)nc(CF)n2-c1ccc(NC(=O)c2ccc(N=O)cc2)nc1. The van der Waals surface area contributed by atoms with E-state index >= 15 is 0 Å². The average Bonchev–Trinajstić information content (AvgIpc) is 3.17. The van der Waals surface area contributed by atoms with Gasteiger partial charge in [0.05, 0.1) is 30.0 Å². The number of aromatic nitrogens is 3. The van der Waals surface area contributed by atoms with Gasteiger partial charge in [-0.3, -0.25) is 9.36 Å². The summed E-state index contributed by atoms with van der Waals surface area (Å²) in [6.07, 6.45) is 1.53. The minimum atomic E-state index is -0.749. The average molecular weight is 405 g/mol. The second-order valence-electron chi connectivity index (χ2n) is 6.35. The van der Waals surface area contributed by atoms with Crippen molar-refractivity contribution in [2.45, 2.75) is 6.67 Å². The van der Waals surface area contributed by atoms with Crippen LogP contribution in [0.15, 0.2) is 66.0 Å². The fourth-order valence-corrected chi connectivity index (χ4v) is 3.07. The van der Waals surface area contributed by atoms with Crippen molar-refractivity contribution in [1.29, 1.82) is 0 Å². The van der Waals surface area contributed by atoms with Gasteiger partial charge in [0, 0.05) is 11.6 Å². The summed E-state index contributed by atoms with van der Waals surface area (Å²) < 4.78 is 20.4. The van der Waals surface area contributed by atoms with Gasteiger partial charge in [0.25, 0.3) is 5.91 Å². The summed E-state index contributed by atoms with van der Waals surface area (Å²) in [4.78, 5) is 31.4. The molecule has 1 N–H and O–H groups in total. The predicted octanol–water partition coefficient (Wildman–Crippen LogP) is 4.55. The number of hydrogen-bond acceptors (Lipinski definition) is 6. The smallest absolute Gasteiger partial charge is 0.256 e. The number of anilines is 1. The zero-order chi connectivity index (χ0) is 21.1. The lowest BCUT2D eigenvalue weighted by Gasteiger charge is -2.09. The van der Waals surface area contributed by atoms with Crippen molar-refractivity contribution in [2.75, 3.05) is 12.4 Å². The monoisotopic (exact) mass is 405 g/mol.